The van der Waals surface area contributed by atoms with Crippen LogP contribution in [0.1, 0.15) is 17.4 Å². The first-order chi connectivity index (χ1) is 8.43. The second-order valence-corrected chi connectivity index (χ2v) is 5.72. The summed E-state index contributed by atoms with van der Waals surface area (Å²) >= 11 is 2.68. The van der Waals surface area contributed by atoms with E-state index in [1.807, 2.05) is 12.1 Å². The molecule has 6 heteroatoms. The van der Waals surface area contributed by atoms with Crippen molar-refractivity contribution in [3.05, 3.63) is 38.3 Å². The van der Waals surface area contributed by atoms with Crippen molar-refractivity contribution in [3.8, 4) is 11.3 Å². The molecule has 0 fully saturated rings. The molecule has 0 aliphatic heterocycles. The van der Waals surface area contributed by atoms with Crippen LogP contribution in [0, 0.1) is 3.57 Å². The summed E-state index contributed by atoms with van der Waals surface area (Å²) < 4.78 is 43.4. The minimum absolute atomic E-state index is 0.286. The zero-order valence-electron chi connectivity index (χ0n) is 9.38. The Morgan fingerprint density at radius 3 is 2.33 bits per heavy atom. The average molecular weight is 383 g/mol. The first-order valence-corrected chi connectivity index (χ1v) is 7.10. The monoisotopic (exact) mass is 383 g/mol. The number of halogens is 4. The SMILES string of the molecule is CCc1c(-c2ccc(I)cc2)nsc1C(F)(F)F. The van der Waals surface area contributed by atoms with Crippen molar-refractivity contribution in [1.82, 2.24) is 4.37 Å². The lowest BCUT2D eigenvalue weighted by molar-refractivity contribution is -0.134. The molecule has 0 spiro atoms. The molecule has 0 aliphatic rings. The van der Waals surface area contributed by atoms with Gasteiger partial charge in [0.2, 0.25) is 0 Å². The quantitative estimate of drug-likeness (QED) is 0.666. The van der Waals surface area contributed by atoms with Crippen molar-refractivity contribution < 1.29 is 13.2 Å². The summed E-state index contributed by atoms with van der Waals surface area (Å²) in [6.45, 7) is 1.72. The zero-order chi connectivity index (χ0) is 13.3. The fraction of sp³-hybridized carbons (Fsp3) is 0.250. The van der Waals surface area contributed by atoms with Crippen LogP contribution in [0.3, 0.4) is 0 Å². The predicted molar refractivity (Wildman–Crippen MR) is 74.6 cm³/mol. The number of benzene rings is 1. The molecule has 1 aromatic heterocycles. The van der Waals surface area contributed by atoms with Gasteiger partial charge in [-0.05, 0) is 52.7 Å². The highest BCUT2D eigenvalue weighted by atomic mass is 127. The molecule has 0 atom stereocenters. The van der Waals surface area contributed by atoms with Gasteiger partial charge in [-0.1, -0.05) is 19.1 Å². The lowest BCUT2D eigenvalue weighted by atomic mass is 10.0. The topological polar surface area (TPSA) is 12.9 Å². The van der Waals surface area contributed by atoms with E-state index in [4.69, 9.17) is 0 Å². The Kier molecular flexibility index (Phi) is 3.96. The van der Waals surface area contributed by atoms with E-state index in [0.29, 0.717) is 23.6 Å². The van der Waals surface area contributed by atoms with Gasteiger partial charge >= 0.3 is 6.18 Å². The van der Waals surface area contributed by atoms with E-state index in [-0.39, 0.29) is 5.56 Å². The molecule has 0 bridgehead atoms. The van der Waals surface area contributed by atoms with E-state index in [1.165, 1.54) is 0 Å². The van der Waals surface area contributed by atoms with Crippen LogP contribution in [0.4, 0.5) is 13.2 Å². The number of aromatic nitrogens is 1. The Morgan fingerprint density at radius 2 is 1.83 bits per heavy atom. The molecule has 1 nitrogen and oxygen atoms in total. The maximum absolute atomic E-state index is 12.8. The Hall–Kier alpha value is -0.630. The van der Waals surface area contributed by atoms with Crippen LogP contribution in [-0.2, 0) is 12.6 Å². The van der Waals surface area contributed by atoms with Gasteiger partial charge < -0.3 is 0 Å². The van der Waals surface area contributed by atoms with E-state index in [1.54, 1.807) is 19.1 Å². The van der Waals surface area contributed by atoms with Crippen molar-refractivity contribution in [2.45, 2.75) is 19.5 Å². The third-order valence-electron chi connectivity index (χ3n) is 2.52. The van der Waals surface area contributed by atoms with Gasteiger partial charge in [-0.2, -0.15) is 17.5 Å². The zero-order valence-corrected chi connectivity index (χ0v) is 12.4. The Morgan fingerprint density at radius 1 is 1.22 bits per heavy atom. The summed E-state index contributed by atoms with van der Waals surface area (Å²) in [4.78, 5) is -0.585. The van der Waals surface area contributed by atoms with Gasteiger partial charge in [0.1, 0.15) is 4.88 Å². The largest absolute Gasteiger partial charge is 0.427 e. The summed E-state index contributed by atoms with van der Waals surface area (Å²) in [5.74, 6) is 0. The number of hydrogen-bond donors (Lipinski definition) is 0. The molecule has 0 saturated carbocycles. The number of alkyl halides is 3. The second-order valence-electron chi connectivity index (χ2n) is 3.70. The molecular formula is C12H9F3INS. The van der Waals surface area contributed by atoms with Crippen molar-refractivity contribution in [1.29, 1.82) is 0 Å². The van der Waals surface area contributed by atoms with Crippen LogP contribution in [-0.4, -0.2) is 4.37 Å². The predicted octanol–water partition coefficient (Wildman–Crippen LogP) is 5.00. The summed E-state index contributed by atoms with van der Waals surface area (Å²) in [6, 6.07) is 7.33. The van der Waals surface area contributed by atoms with E-state index < -0.39 is 11.1 Å². The molecule has 96 valence electrons. The molecule has 18 heavy (non-hydrogen) atoms. The van der Waals surface area contributed by atoms with Crippen LogP contribution < -0.4 is 0 Å². The molecule has 0 aliphatic carbocycles. The maximum Gasteiger partial charge on any atom is 0.427 e. The lowest BCUT2D eigenvalue weighted by Crippen LogP contribution is -2.05. The molecule has 0 unspecified atom stereocenters. The second kappa shape index (κ2) is 5.16. The Bertz CT molecular complexity index is 545. The Labute approximate surface area is 120 Å². The molecule has 0 N–H and O–H groups in total. The summed E-state index contributed by atoms with van der Waals surface area (Å²) in [5, 5.41) is 0. The fourth-order valence-corrected chi connectivity index (χ4v) is 2.91. The number of nitrogens with zero attached hydrogens (tertiary/aromatic N) is 1. The molecule has 0 amide bonds. The summed E-state index contributed by atoms with van der Waals surface area (Å²) in [5.41, 5.74) is 1.47. The Balaban J connectivity index is 2.52. The van der Waals surface area contributed by atoms with E-state index in [9.17, 15) is 13.2 Å². The minimum atomic E-state index is -4.32. The first-order valence-electron chi connectivity index (χ1n) is 5.25. The third kappa shape index (κ3) is 2.69. The smallest absolute Gasteiger partial charge is 0.192 e. The van der Waals surface area contributed by atoms with E-state index in [0.717, 1.165) is 9.13 Å². The van der Waals surface area contributed by atoms with Gasteiger partial charge in [-0.15, -0.1) is 0 Å². The highest BCUT2D eigenvalue weighted by molar-refractivity contribution is 14.1. The maximum atomic E-state index is 12.8. The molecular weight excluding hydrogens is 374 g/mol. The van der Waals surface area contributed by atoms with Crippen molar-refractivity contribution in [2.75, 3.05) is 0 Å². The van der Waals surface area contributed by atoms with Crippen molar-refractivity contribution >= 4 is 34.1 Å². The molecule has 2 rings (SSSR count). The third-order valence-corrected chi connectivity index (χ3v) is 4.17. The highest BCUT2D eigenvalue weighted by Gasteiger charge is 2.37. The first kappa shape index (κ1) is 13.8. The molecule has 0 saturated heterocycles. The van der Waals surface area contributed by atoms with Crippen LogP contribution in [0.5, 0.6) is 0 Å². The molecule has 0 radical (unpaired) electrons. The number of rotatable bonds is 2. The molecule has 2 aromatic rings. The van der Waals surface area contributed by atoms with E-state index in [2.05, 4.69) is 27.0 Å². The normalized spacial score (nSPS) is 11.8. The van der Waals surface area contributed by atoms with Gasteiger partial charge in [0.05, 0.1) is 5.69 Å². The molecule has 1 heterocycles. The summed E-state index contributed by atoms with van der Waals surface area (Å²) in [6.07, 6.45) is -3.99. The van der Waals surface area contributed by atoms with Gasteiger partial charge in [0, 0.05) is 14.7 Å². The lowest BCUT2D eigenvalue weighted by Gasteiger charge is -2.06. The van der Waals surface area contributed by atoms with Gasteiger partial charge in [-0.3, -0.25) is 0 Å². The molecule has 1 aromatic carbocycles. The average Bonchev–Trinajstić information content (AvgIpc) is 2.73. The number of hydrogen-bond acceptors (Lipinski definition) is 2. The summed E-state index contributed by atoms with van der Waals surface area (Å²) in [7, 11) is 0. The van der Waals surface area contributed by atoms with Crippen LogP contribution in [0.25, 0.3) is 11.3 Å². The van der Waals surface area contributed by atoms with Gasteiger partial charge in [-0.25, -0.2) is 0 Å². The van der Waals surface area contributed by atoms with Crippen LogP contribution in [0.2, 0.25) is 0 Å². The standard InChI is InChI=1S/C12H9F3INS/c1-2-9-10(7-3-5-8(16)6-4-7)17-18-11(9)12(13,14)15/h3-6H,2H2,1H3. The van der Waals surface area contributed by atoms with E-state index >= 15 is 0 Å². The van der Waals surface area contributed by atoms with Gasteiger partial charge in [0.15, 0.2) is 0 Å². The van der Waals surface area contributed by atoms with Crippen molar-refractivity contribution in [2.24, 2.45) is 0 Å². The fourth-order valence-electron chi connectivity index (χ4n) is 1.69. The van der Waals surface area contributed by atoms with Gasteiger partial charge in [0.25, 0.3) is 0 Å². The highest BCUT2D eigenvalue weighted by Crippen LogP contribution is 2.39. The van der Waals surface area contributed by atoms with Crippen LogP contribution in [0.15, 0.2) is 24.3 Å². The van der Waals surface area contributed by atoms with Crippen LogP contribution >= 0.6 is 34.1 Å². The minimum Gasteiger partial charge on any atom is -0.192 e. The van der Waals surface area contributed by atoms with Crippen molar-refractivity contribution in [3.63, 3.8) is 0 Å².